The topological polar surface area (TPSA) is 32.3 Å². The lowest BCUT2D eigenvalue weighted by molar-refractivity contribution is 0.213. The summed E-state index contributed by atoms with van der Waals surface area (Å²) in [6.07, 6.45) is 6.14. The second-order valence-corrected chi connectivity index (χ2v) is 2.98. The van der Waals surface area contributed by atoms with E-state index in [0.717, 1.165) is 12.8 Å². The summed E-state index contributed by atoms with van der Waals surface area (Å²) in [6, 6.07) is 0.323. The lowest BCUT2D eigenvalue weighted by Crippen LogP contribution is -2.40. The Hall–Kier alpha value is -0.990. The van der Waals surface area contributed by atoms with Gasteiger partial charge in [-0.1, -0.05) is 12.2 Å². The van der Waals surface area contributed by atoms with Crippen LogP contribution in [-0.4, -0.2) is 31.1 Å². The van der Waals surface area contributed by atoms with Crippen molar-refractivity contribution < 1.29 is 4.79 Å². The van der Waals surface area contributed by atoms with Crippen molar-refractivity contribution in [3.63, 3.8) is 0 Å². The Morgan fingerprint density at radius 3 is 2.45 bits per heavy atom. The molecule has 0 aromatic rings. The van der Waals surface area contributed by atoms with Crippen molar-refractivity contribution in [1.82, 2.24) is 10.2 Å². The van der Waals surface area contributed by atoms with Crippen molar-refractivity contribution in [3.8, 4) is 0 Å². The molecule has 1 aliphatic rings. The van der Waals surface area contributed by atoms with E-state index in [0.29, 0.717) is 6.04 Å². The number of nitrogens with zero attached hydrogens (tertiary/aromatic N) is 1. The predicted molar refractivity (Wildman–Crippen MR) is 44.4 cm³/mol. The van der Waals surface area contributed by atoms with Crippen LogP contribution in [0.25, 0.3) is 0 Å². The van der Waals surface area contributed by atoms with Crippen LogP contribution in [0, 0.1) is 0 Å². The molecule has 0 unspecified atom stereocenters. The van der Waals surface area contributed by atoms with Gasteiger partial charge in [0.2, 0.25) is 0 Å². The van der Waals surface area contributed by atoms with E-state index in [-0.39, 0.29) is 6.03 Å². The van der Waals surface area contributed by atoms with Crippen LogP contribution >= 0.6 is 0 Å². The van der Waals surface area contributed by atoms with E-state index in [1.54, 1.807) is 19.0 Å². The van der Waals surface area contributed by atoms with Crippen LogP contribution in [0.1, 0.15) is 12.8 Å². The number of urea groups is 1. The van der Waals surface area contributed by atoms with Gasteiger partial charge in [-0.25, -0.2) is 4.79 Å². The molecule has 0 saturated carbocycles. The molecule has 1 N–H and O–H groups in total. The first kappa shape index (κ1) is 8.11. The lowest BCUT2D eigenvalue weighted by atomic mass is 10.2. The Kier molecular flexibility index (Phi) is 2.52. The summed E-state index contributed by atoms with van der Waals surface area (Å²) >= 11 is 0. The zero-order valence-electron chi connectivity index (χ0n) is 7.00. The molecule has 0 radical (unpaired) electrons. The third-order valence-electron chi connectivity index (χ3n) is 1.74. The van der Waals surface area contributed by atoms with Crippen molar-refractivity contribution in [2.75, 3.05) is 14.1 Å². The third kappa shape index (κ3) is 2.26. The van der Waals surface area contributed by atoms with Gasteiger partial charge in [-0.15, -0.1) is 0 Å². The van der Waals surface area contributed by atoms with Gasteiger partial charge in [-0.3, -0.25) is 0 Å². The van der Waals surface area contributed by atoms with Crippen molar-refractivity contribution in [2.45, 2.75) is 18.9 Å². The molecule has 0 saturated heterocycles. The summed E-state index contributed by atoms with van der Waals surface area (Å²) in [4.78, 5) is 12.6. The number of hydrogen-bond acceptors (Lipinski definition) is 1. The lowest BCUT2D eigenvalue weighted by Gasteiger charge is -2.16. The third-order valence-corrected chi connectivity index (χ3v) is 1.74. The van der Waals surface area contributed by atoms with Crippen molar-refractivity contribution in [2.24, 2.45) is 0 Å². The quantitative estimate of drug-likeness (QED) is 0.561. The molecular weight excluding hydrogens is 140 g/mol. The Labute approximate surface area is 67.1 Å². The molecule has 0 bridgehead atoms. The van der Waals surface area contributed by atoms with E-state index >= 15 is 0 Å². The van der Waals surface area contributed by atoms with E-state index in [9.17, 15) is 4.79 Å². The monoisotopic (exact) mass is 154 g/mol. The summed E-state index contributed by atoms with van der Waals surface area (Å²) in [5.41, 5.74) is 0. The summed E-state index contributed by atoms with van der Waals surface area (Å²) < 4.78 is 0. The van der Waals surface area contributed by atoms with Crippen LogP contribution in [0.5, 0.6) is 0 Å². The molecule has 1 aliphatic carbocycles. The first-order valence-corrected chi connectivity index (χ1v) is 3.83. The standard InChI is InChI=1S/C8H14N2O/c1-10(2)8(11)9-7-5-3-4-6-7/h3-4,7H,5-6H2,1-2H3,(H,9,11). The molecule has 62 valence electrons. The molecule has 3 nitrogen and oxygen atoms in total. The molecule has 0 fully saturated rings. The van der Waals surface area contributed by atoms with Gasteiger partial charge in [0.15, 0.2) is 0 Å². The Balaban J connectivity index is 2.25. The maximum Gasteiger partial charge on any atom is 0.317 e. The summed E-state index contributed by atoms with van der Waals surface area (Å²) in [7, 11) is 3.50. The molecule has 0 heterocycles. The first-order chi connectivity index (χ1) is 5.20. The molecular formula is C8H14N2O. The van der Waals surface area contributed by atoms with Gasteiger partial charge >= 0.3 is 6.03 Å². The van der Waals surface area contributed by atoms with Crippen LogP contribution < -0.4 is 5.32 Å². The minimum absolute atomic E-state index is 0.00120. The number of carbonyl (C=O) groups excluding carboxylic acids is 1. The highest BCUT2D eigenvalue weighted by Gasteiger charge is 2.13. The number of hydrogen-bond donors (Lipinski definition) is 1. The summed E-state index contributed by atoms with van der Waals surface area (Å²) in [5.74, 6) is 0. The van der Waals surface area contributed by atoms with Crippen LogP contribution in [0.4, 0.5) is 4.79 Å². The average Bonchev–Trinajstić information content (AvgIpc) is 2.39. The second kappa shape index (κ2) is 3.42. The van der Waals surface area contributed by atoms with Crippen LogP contribution in [0.2, 0.25) is 0 Å². The fraction of sp³-hybridized carbons (Fsp3) is 0.625. The first-order valence-electron chi connectivity index (χ1n) is 3.83. The van der Waals surface area contributed by atoms with Crippen LogP contribution in [-0.2, 0) is 0 Å². The Bertz CT molecular complexity index is 167. The molecule has 0 aromatic heterocycles. The van der Waals surface area contributed by atoms with Gasteiger partial charge in [0, 0.05) is 20.1 Å². The molecule has 1 rings (SSSR count). The summed E-state index contributed by atoms with van der Waals surface area (Å²) in [6.45, 7) is 0. The average molecular weight is 154 g/mol. The van der Waals surface area contributed by atoms with Crippen LogP contribution in [0.15, 0.2) is 12.2 Å². The van der Waals surface area contributed by atoms with Crippen molar-refractivity contribution >= 4 is 6.03 Å². The van der Waals surface area contributed by atoms with Gasteiger partial charge in [0.25, 0.3) is 0 Å². The fourth-order valence-corrected chi connectivity index (χ4v) is 1.04. The number of rotatable bonds is 1. The van der Waals surface area contributed by atoms with Crippen molar-refractivity contribution in [1.29, 1.82) is 0 Å². The highest BCUT2D eigenvalue weighted by molar-refractivity contribution is 5.73. The predicted octanol–water partition coefficient (Wildman–Crippen LogP) is 0.976. The molecule has 2 amide bonds. The minimum atomic E-state index is -0.00120. The highest BCUT2D eigenvalue weighted by Crippen LogP contribution is 2.08. The molecule has 0 aromatic carbocycles. The van der Waals surface area contributed by atoms with Crippen molar-refractivity contribution in [3.05, 3.63) is 12.2 Å². The van der Waals surface area contributed by atoms with E-state index < -0.39 is 0 Å². The van der Waals surface area contributed by atoms with E-state index in [4.69, 9.17) is 0 Å². The second-order valence-electron chi connectivity index (χ2n) is 2.98. The smallest absolute Gasteiger partial charge is 0.317 e. The van der Waals surface area contributed by atoms with E-state index in [1.807, 2.05) is 0 Å². The SMILES string of the molecule is CN(C)C(=O)NC1CC=CC1. The number of carbonyl (C=O) groups is 1. The highest BCUT2D eigenvalue weighted by atomic mass is 16.2. The summed E-state index contributed by atoms with van der Waals surface area (Å²) in [5, 5.41) is 2.90. The molecule has 0 atom stereocenters. The largest absolute Gasteiger partial charge is 0.335 e. The number of amides is 2. The maximum atomic E-state index is 11.1. The van der Waals surface area contributed by atoms with Gasteiger partial charge in [-0.2, -0.15) is 0 Å². The van der Waals surface area contributed by atoms with Gasteiger partial charge in [0.05, 0.1) is 0 Å². The zero-order valence-corrected chi connectivity index (χ0v) is 7.00. The fourth-order valence-electron chi connectivity index (χ4n) is 1.04. The Morgan fingerprint density at radius 1 is 1.45 bits per heavy atom. The molecule has 3 heteroatoms. The van der Waals surface area contributed by atoms with Gasteiger partial charge in [0.1, 0.15) is 0 Å². The zero-order chi connectivity index (χ0) is 8.27. The molecule has 0 aliphatic heterocycles. The van der Waals surface area contributed by atoms with Gasteiger partial charge in [-0.05, 0) is 12.8 Å². The molecule has 11 heavy (non-hydrogen) atoms. The van der Waals surface area contributed by atoms with E-state index in [1.165, 1.54) is 0 Å². The maximum absolute atomic E-state index is 11.1. The van der Waals surface area contributed by atoms with Gasteiger partial charge < -0.3 is 10.2 Å². The number of nitrogens with one attached hydrogen (secondary N) is 1. The molecule has 0 spiro atoms. The van der Waals surface area contributed by atoms with E-state index in [2.05, 4.69) is 17.5 Å². The normalized spacial score (nSPS) is 16.9. The van der Waals surface area contributed by atoms with Crippen LogP contribution in [0.3, 0.4) is 0 Å². The minimum Gasteiger partial charge on any atom is -0.335 e. The Morgan fingerprint density at radius 2 is 2.00 bits per heavy atom.